The van der Waals surface area contributed by atoms with Gasteiger partial charge in [0, 0.05) is 38.3 Å². The van der Waals surface area contributed by atoms with Crippen molar-refractivity contribution in [2.24, 2.45) is 5.92 Å². The number of morpholine rings is 1. The first-order valence-electron chi connectivity index (χ1n) is 8.29. The molecule has 1 unspecified atom stereocenters. The zero-order valence-electron chi connectivity index (χ0n) is 13.9. The number of piperidine rings is 1. The lowest BCUT2D eigenvalue weighted by atomic mass is 9.90. The summed E-state index contributed by atoms with van der Waals surface area (Å²) in [5.74, 6) is 0.960. The number of hydrogen-bond acceptors (Lipinski definition) is 7. The molecule has 2 aliphatic rings. The average molecular weight is 336 g/mol. The molecule has 0 radical (unpaired) electrons. The van der Waals surface area contributed by atoms with Gasteiger partial charge in [-0.1, -0.05) is 0 Å². The summed E-state index contributed by atoms with van der Waals surface area (Å²) >= 11 is 0. The highest BCUT2D eigenvalue weighted by Crippen LogP contribution is 2.38. The number of nitro benzene ring substituents is 1. The predicted molar refractivity (Wildman–Crippen MR) is 91.6 cm³/mol. The second-order valence-electron chi connectivity index (χ2n) is 6.28. The number of nitrogen functional groups attached to an aromatic ring is 1. The number of nitrogens with one attached hydrogen (secondary N) is 1. The molecule has 3 rings (SSSR count). The molecule has 0 spiro atoms. The monoisotopic (exact) mass is 336 g/mol. The quantitative estimate of drug-likeness (QED) is 0.486. The van der Waals surface area contributed by atoms with Gasteiger partial charge in [0.25, 0.3) is 5.69 Å². The van der Waals surface area contributed by atoms with Crippen molar-refractivity contribution >= 4 is 17.1 Å². The fourth-order valence-electron chi connectivity index (χ4n) is 3.55. The summed E-state index contributed by atoms with van der Waals surface area (Å²) < 4.78 is 11.1. The molecule has 0 amide bonds. The smallest absolute Gasteiger partial charge is 0.294 e. The highest BCUT2D eigenvalue weighted by molar-refractivity contribution is 5.73. The number of benzene rings is 1. The molecular formula is C16H24N4O4. The minimum atomic E-state index is -0.384. The van der Waals surface area contributed by atoms with Crippen molar-refractivity contribution in [3.63, 3.8) is 0 Å². The molecule has 2 aliphatic heterocycles. The Morgan fingerprint density at radius 1 is 1.42 bits per heavy atom. The number of nitrogens with two attached hydrogens (primary N) is 1. The number of nitro groups is 1. The van der Waals surface area contributed by atoms with E-state index in [0.29, 0.717) is 17.4 Å². The van der Waals surface area contributed by atoms with Gasteiger partial charge in [0.05, 0.1) is 30.4 Å². The molecule has 8 heteroatoms. The van der Waals surface area contributed by atoms with Crippen LogP contribution in [0.1, 0.15) is 12.8 Å². The van der Waals surface area contributed by atoms with Gasteiger partial charge in [-0.3, -0.25) is 10.1 Å². The Labute approximate surface area is 141 Å². The van der Waals surface area contributed by atoms with Crippen molar-refractivity contribution in [3.8, 4) is 5.75 Å². The van der Waals surface area contributed by atoms with E-state index in [2.05, 4.69) is 5.32 Å². The van der Waals surface area contributed by atoms with Gasteiger partial charge in [-0.25, -0.2) is 0 Å². The van der Waals surface area contributed by atoms with E-state index in [1.54, 1.807) is 6.07 Å². The summed E-state index contributed by atoms with van der Waals surface area (Å²) in [7, 11) is 1.51. The Hall–Kier alpha value is -2.06. The molecule has 0 saturated carbocycles. The molecule has 2 fully saturated rings. The van der Waals surface area contributed by atoms with Crippen molar-refractivity contribution in [2.45, 2.75) is 18.9 Å². The minimum Gasteiger partial charge on any atom is -0.495 e. The number of hydrogen-bond donors (Lipinski definition) is 2. The Morgan fingerprint density at radius 2 is 2.17 bits per heavy atom. The van der Waals surface area contributed by atoms with Gasteiger partial charge < -0.3 is 25.4 Å². The molecule has 2 heterocycles. The Morgan fingerprint density at radius 3 is 2.75 bits per heavy atom. The lowest BCUT2D eigenvalue weighted by molar-refractivity contribution is -0.384. The molecule has 1 aromatic rings. The molecule has 2 saturated heterocycles. The maximum absolute atomic E-state index is 11.4. The predicted octanol–water partition coefficient (Wildman–Crippen LogP) is 1.39. The third kappa shape index (κ3) is 3.39. The molecule has 132 valence electrons. The van der Waals surface area contributed by atoms with Crippen LogP contribution in [-0.2, 0) is 4.74 Å². The Bertz CT molecular complexity index is 596. The van der Waals surface area contributed by atoms with Crippen LogP contribution >= 0.6 is 0 Å². The zero-order valence-corrected chi connectivity index (χ0v) is 13.9. The standard InChI is InChI=1S/C16H24N4O4/c1-23-15-9-13(14(20(21)22)8-12(15)17)19-5-2-11(3-6-19)16-10-18-4-7-24-16/h8-9,11,16,18H,2-7,10,17H2,1H3. The first-order valence-corrected chi connectivity index (χ1v) is 8.29. The molecule has 0 bridgehead atoms. The van der Waals surface area contributed by atoms with Gasteiger partial charge >= 0.3 is 0 Å². The molecular weight excluding hydrogens is 312 g/mol. The van der Waals surface area contributed by atoms with Crippen LogP contribution in [0, 0.1) is 16.0 Å². The lowest BCUT2D eigenvalue weighted by Crippen LogP contribution is -2.46. The third-order valence-corrected chi connectivity index (χ3v) is 4.89. The maximum Gasteiger partial charge on any atom is 0.294 e. The van der Waals surface area contributed by atoms with Crippen LogP contribution in [0.4, 0.5) is 17.1 Å². The van der Waals surface area contributed by atoms with Crippen LogP contribution < -0.4 is 20.7 Å². The summed E-state index contributed by atoms with van der Waals surface area (Å²) in [6, 6.07) is 3.06. The van der Waals surface area contributed by atoms with Gasteiger partial charge in [-0.2, -0.15) is 0 Å². The Balaban J connectivity index is 1.74. The topological polar surface area (TPSA) is 103 Å². The van der Waals surface area contributed by atoms with E-state index in [9.17, 15) is 10.1 Å². The van der Waals surface area contributed by atoms with Crippen LogP contribution in [0.25, 0.3) is 0 Å². The van der Waals surface area contributed by atoms with E-state index < -0.39 is 0 Å². The summed E-state index contributed by atoms with van der Waals surface area (Å²) in [4.78, 5) is 13.0. The van der Waals surface area contributed by atoms with E-state index in [1.165, 1.54) is 13.2 Å². The third-order valence-electron chi connectivity index (χ3n) is 4.89. The molecule has 0 aliphatic carbocycles. The van der Waals surface area contributed by atoms with E-state index in [1.807, 2.05) is 4.90 Å². The fraction of sp³-hybridized carbons (Fsp3) is 0.625. The van der Waals surface area contributed by atoms with Gasteiger partial charge in [0.1, 0.15) is 11.4 Å². The fourth-order valence-corrected chi connectivity index (χ4v) is 3.55. The van der Waals surface area contributed by atoms with Crippen molar-refractivity contribution < 1.29 is 14.4 Å². The minimum absolute atomic E-state index is 0.0299. The van der Waals surface area contributed by atoms with E-state index in [-0.39, 0.29) is 22.4 Å². The normalized spacial score (nSPS) is 22.4. The first kappa shape index (κ1) is 16.8. The van der Waals surface area contributed by atoms with Crippen LogP contribution in [0.2, 0.25) is 0 Å². The lowest BCUT2D eigenvalue weighted by Gasteiger charge is -2.38. The SMILES string of the molecule is COc1cc(N2CCC(C3CNCCO3)CC2)c([N+](=O)[O-])cc1N. The number of methoxy groups -OCH3 is 1. The number of rotatable bonds is 4. The van der Waals surface area contributed by atoms with Crippen molar-refractivity contribution in [2.75, 3.05) is 50.5 Å². The van der Waals surface area contributed by atoms with Crippen molar-refractivity contribution in [1.82, 2.24) is 5.32 Å². The van der Waals surface area contributed by atoms with Crippen molar-refractivity contribution in [3.05, 3.63) is 22.2 Å². The van der Waals surface area contributed by atoms with E-state index in [4.69, 9.17) is 15.2 Å². The van der Waals surface area contributed by atoms with Gasteiger partial charge in [0.15, 0.2) is 0 Å². The van der Waals surface area contributed by atoms with Gasteiger partial charge in [-0.15, -0.1) is 0 Å². The largest absolute Gasteiger partial charge is 0.495 e. The summed E-state index contributed by atoms with van der Waals surface area (Å²) in [6.07, 6.45) is 2.16. The first-order chi connectivity index (χ1) is 11.6. The summed E-state index contributed by atoms with van der Waals surface area (Å²) in [5.41, 5.74) is 6.70. The number of anilines is 2. The van der Waals surface area contributed by atoms with Gasteiger partial charge in [-0.05, 0) is 18.8 Å². The van der Waals surface area contributed by atoms with Gasteiger partial charge in [0.2, 0.25) is 0 Å². The molecule has 1 aromatic carbocycles. The highest BCUT2D eigenvalue weighted by Gasteiger charge is 2.31. The molecule has 0 aromatic heterocycles. The summed E-state index contributed by atoms with van der Waals surface area (Å²) in [5, 5.41) is 14.7. The molecule has 1 atom stereocenters. The van der Waals surface area contributed by atoms with Crippen molar-refractivity contribution in [1.29, 1.82) is 0 Å². The zero-order chi connectivity index (χ0) is 17.1. The average Bonchev–Trinajstić information content (AvgIpc) is 2.62. The van der Waals surface area contributed by atoms with Crippen LogP contribution in [0.15, 0.2) is 12.1 Å². The highest BCUT2D eigenvalue weighted by atomic mass is 16.6. The molecule has 3 N–H and O–H groups in total. The van der Waals surface area contributed by atoms with E-state index in [0.717, 1.165) is 45.6 Å². The molecule has 24 heavy (non-hydrogen) atoms. The number of nitrogens with zero attached hydrogens (tertiary/aromatic N) is 2. The Kier molecular flexibility index (Phi) is 5.06. The van der Waals surface area contributed by atoms with E-state index >= 15 is 0 Å². The van der Waals surface area contributed by atoms with Crippen LogP contribution in [0.5, 0.6) is 5.75 Å². The number of ether oxygens (including phenoxy) is 2. The second kappa shape index (κ2) is 7.23. The maximum atomic E-state index is 11.4. The van der Waals surface area contributed by atoms with Crippen LogP contribution in [0.3, 0.4) is 0 Å². The van der Waals surface area contributed by atoms with Crippen LogP contribution in [-0.4, -0.2) is 50.9 Å². The second-order valence-corrected chi connectivity index (χ2v) is 6.28. The summed E-state index contributed by atoms with van der Waals surface area (Å²) in [6.45, 7) is 4.08. The molecule has 8 nitrogen and oxygen atoms in total.